The maximum Gasteiger partial charge on any atom is 0.170 e. The minimum Gasteiger partial charge on any atom is -0.352 e. The lowest BCUT2D eigenvalue weighted by Gasteiger charge is -2.41. The first kappa shape index (κ1) is 26.6. The molecule has 0 amide bonds. The molecule has 1 saturated heterocycles. The molecule has 3 aromatic carbocycles. The summed E-state index contributed by atoms with van der Waals surface area (Å²) in [5.41, 5.74) is 4.42. The van der Waals surface area contributed by atoms with Crippen molar-refractivity contribution in [3.05, 3.63) is 78.6 Å². The molecule has 0 aliphatic carbocycles. The van der Waals surface area contributed by atoms with Crippen molar-refractivity contribution < 1.29 is 4.39 Å². The van der Waals surface area contributed by atoms with Crippen LogP contribution in [0.3, 0.4) is 0 Å². The third-order valence-electron chi connectivity index (χ3n) is 6.55. The fraction of sp³-hybridized carbons (Fsp3) is 0.222. The van der Waals surface area contributed by atoms with Gasteiger partial charge in [0.15, 0.2) is 11.6 Å². The first-order valence-corrected chi connectivity index (χ1v) is 11.9. The Morgan fingerprint density at radius 3 is 2.24 bits per heavy atom. The zero-order chi connectivity index (χ0) is 23.8. The summed E-state index contributed by atoms with van der Waals surface area (Å²) in [7, 11) is 0. The molecular formula is C27H28Cl2FN7. The van der Waals surface area contributed by atoms with E-state index in [4.69, 9.17) is 9.97 Å². The molecule has 6 rings (SSSR count). The molecule has 0 saturated carbocycles. The van der Waals surface area contributed by atoms with Gasteiger partial charge in [-0.3, -0.25) is 10.1 Å². The SMILES string of the molecule is CCN(c1nc2ccccc2nc1-c1ccccc1)N1CCN(c2n[nH]c3cc(F)ccc23)CC1.Cl.Cl. The molecule has 1 aliphatic rings. The highest BCUT2D eigenvalue weighted by Crippen LogP contribution is 2.32. The highest BCUT2D eigenvalue weighted by Gasteiger charge is 2.27. The van der Waals surface area contributed by atoms with Gasteiger partial charge in [0, 0.05) is 43.7 Å². The van der Waals surface area contributed by atoms with Gasteiger partial charge in [-0.1, -0.05) is 42.5 Å². The van der Waals surface area contributed by atoms with Gasteiger partial charge in [-0.2, -0.15) is 5.10 Å². The number of hydrogen-bond donors (Lipinski definition) is 1. The number of nitrogens with zero attached hydrogens (tertiary/aromatic N) is 6. The molecule has 5 aromatic rings. The molecule has 1 fully saturated rings. The van der Waals surface area contributed by atoms with Crippen molar-refractivity contribution in [3.8, 4) is 11.3 Å². The number of nitrogens with one attached hydrogen (secondary N) is 1. The summed E-state index contributed by atoms with van der Waals surface area (Å²) in [5, 5.41) is 13.0. The van der Waals surface area contributed by atoms with Crippen LogP contribution in [0.15, 0.2) is 72.8 Å². The molecule has 3 heterocycles. The van der Waals surface area contributed by atoms with E-state index in [-0.39, 0.29) is 30.6 Å². The van der Waals surface area contributed by atoms with Crippen molar-refractivity contribution in [2.24, 2.45) is 0 Å². The van der Waals surface area contributed by atoms with Crippen LogP contribution in [0.4, 0.5) is 16.0 Å². The Morgan fingerprint density at radius 1 is 0.865 bits per heavy atom. The van der Waals surface area contributed by atoms with E-state index < -0.39 is 0 Å². The fourth-order valence-electron chi connectivity index (χ4n) is 4.81. The van der Waals surface area contributed by atoms with Crippen molar-refractivity contribution in [3.63, 3.8) is 0 Å². The number of hydrogen-bond acceptors (Lipinski definition) is 6. The Hall–Kier alpha value is -3.46. The summed E-state index contributed by atoms with van der Waals surface area (Å²) in [6, 6.07) is 23.0. The number of aromatic amines is 1. The number of benzene rings is 3. The lowest BCUT2D eigenvalue weighted by molar-refractivity contribution is 0.235. The standard InChI is InChI=1S/C27H26FN7.2ClH/c1-2-35(27-25(19-8-4-3-5-9-19)29-22-10-6-7-11-23(22)30-27)34-16-14-33(15-17-34)26-21-13-12-20(28)18-24(21)31-32-26;;/h3-13,18H,2,14-17H2,1H3,(H,31,32);2*1H. The maximum absolute atomic E-state index is 13.6. The topological polar surface area (TPSA) is 64.2 Å². The molecule has 0 atom stereocenters. The van der Waals surface area contributed by atoms with E-state index in [1.165, 1.54) is 12.1 Å². The summed E-state index contributed by atoms with van der Waals surface area (Å²) in [6.45, 7) is 6.15. The Labute approximate surface area is 227 Å². The molecule has 0 unspecified atom stereocenters. The van der Waals surface area contributed by atoms with Gasteiger partial charge in [0.25, 0.3) is 0 Å². The normalized spacial score (nSPS) is 13.8. The number of para-hydroxylation sites is 2. The summed E-state index contributed by atoms with van der Waals surface area (Å²) in [6.07, 6.45) is 0. The zero-order valence-corrected chi connectivity index (χ0v) is 22.0. The van der Waals surface area contributed by atoms with Crippen LogP contribution < -0.4 is 9.91 Å². The van der Waals surface area contributed by atoms with Gasteiger partial charge < -0.3 is 4.90 Å². The summed E-state index contributed by atoms with van der Waals surface area (Å²) >= 11 is 0. The minimum absolute atomic E-state index is 0. The molecule has 7 nitrogen and oxygen atoms in total. The van der Waals surface area contributed by atoms with Gasteiger partial charge >= 0.3 is 0 Å². The molecule has 37 heavy (non-hydrogen) atoms. The monoisotopic (exact) mass is 539 g/mol. The van der Waals surface area contributed by atoms with Gasteiger partial charge in [0.05, 0.1) is 16.6 Å². The maximum atomic E-state index is 13.6. The highest BCUT2D eigenvalue weighted by molar-refractivity contribution is 5.90. The van der Waals surface area contributed by atoms with Crippen molar-refractivity contribution >= 4 is 58.4 Å². The molecule has 1 aliphatic heterocycles. The summed E-state index contributed by atoms with van der Waals surface area (Å²) in [4.78, 5) is 12.3. The number of hydrazine groups is 1. The zero-order valence-electron chi connectivity index (χ0n) is 20.3. The minimum atomic E-state index is -0.262. The molecule has 10 heteroatoms. The van der Waals surface area contributed by atoms with Gasteiger partial charge in [0.1, 0.15) is 11.5 Å². The Kier molecular flexibility index (Phi) is 8.12. The second-order valence-electron chi connectivity index (χ2n) is 8.64. The van der Waals surface area contributed by atoms with Crippen molar-refractivity contribution in [2.45, 2.75) is 6.92 Å². The lowest BCUT2D eigenvalue weighted by Crippen LogP contribution is -2.54. The Morgan fingerprint density at radius 2 is 1.54 bits per heavy atom. The third kappa shape index (κ3) is 5.05. The van der Waals surface area contributed by atoms with Gasteiger partial charge in [-0.05, 0) is 37.3 Å². The van der Waals surface area contributed by atoms with Crippen LogP contribution in [-0.4, -0.2) is 57.9 Å². The van der Waals surface area contributed by atoms with Gasteiger partial charge in [0.2, 0.25) is 0 Å². The van der Waals surface area contributed by atoms with Crippen LogP contribution in [0, 0.1) is 5.82 Å². The van der Waals surface area contributed by atoms with E-state index in [0.717, 1.165) is 77.6 Å². The van der Waals surface area contributed by atoms with E-state index in [1.807, 2.05) is 42.5 Å². The number of halogens is 3. The quantitative estimate of drug-likeness (QED) is 0.308. The third-order valence-corrected chi connectivity index (χ3v) is 6.55. The van der Waals surface area contributed by atoms with Crippen molar-refractivity contribution in [1.29, 1.82) is 0 Å². The highest BCUT2D eigenvalue weighted by atomic mass is 35.5. The molecule has 0 spiro atoms. The second-order valence-corrected chi connectivity index (χ2v) is 8.64. The van der Waals surface area contributed by atoms with E-state index in [1.54, 1.807) is 6.07 Å². The van der Waals surface area contributed by atoms with E-state index in [2.05, 4.69) is 44.2 Å². The van der Waals surface area contributed by atoms with Crippen LogP contribution in [0.1, 0.15) is 6.92 Å². The number of rotatable bonds is 5. The molecule has 0 bridgehead atoms. The summed E-state index contributed by atoms with van der Waals surface area (Å²) < 4.78 is 13.6. The van der Waals surface area contributed by atoms with Crippen LogP contribution in [0.5, 0.6) is 0 Å². The van der Waals surface area contributed by atoms with Crippen molar-refractivity contribution in [2.75, 3.05) is 42.6 Å². The van der Waals surface area contributed by atoms with E-state index >= 15 is 0 Å². The summed E-state index contributed by atoms with van der Waals surface area (Å²) in [5.74, 6) is 1.48. The van der Waals surface area contributed by atoms with Crippen molar-refractivity contribution in [1.82, 2.24) is 25.2 Å². The average Bonchev–Trinajstić information content (AvgIpc) is 3.32. The molecule has 192 valence electrons. The molecule has 2 aromatic heterocycles. The second kappa shape index (κ2) is 11.3. The van der Waals surface area contributed by atoms with E-state index in [0.29, 0.717) is 0 Å². The number of aromatic nitrogens is 4. The lowest BCUT2D eigenvalue weighted by atomic mass is 10.1. The largest absolute Gasteiger partial charge is 0.352 e. The van der Waals surface area contributed by atoms with Gasteiger partial charge in [-0.25, -0.2) is 19.4 Å². The number of anilines is 2. The van der Waals surface area contributed by atoms with Crippen LogP contribution in [0.25, 0.3) is 33.2 Å². The van der Waals surface area contributed by atoms with Crippen LogP contribution in [-0.2, 0) is 0 Å². The van der Waals surface area contributed by atoms with Gasteiger partial charge in [-0.15, -0.1) is 24.8 Å². The Bertz CT molecular complexity index is 1490. The molecular weight excluding hydrogens is 512 g/mol. The first-order chi connectivity index (χ1) is 17.2. The predicted octanol–water partition coefficient (Wildman–Crippen LogP) is 5.72. The smallest absolute Gasteiger partial charge is 0.170 e. The van der Waals surface area contributed by atoms with Crippen LogP contribution in [0.2, 0.25) is 0 Å². The Balaban J connectivity index is 0.00000160. The number of H-pyrrole nitrogens is 1. The van der Waals surface area contributed by atoms with Crippen LogP contribution >= 0.6 is 24.8 Å². The fourth-order valence-corrected chi connectivity index (χ4v) is 4.81. The van der Waals surface area contributed by atoms with E-state index in [9.17, 15) is 4.39 Å². The number of piperazine rings is 1. The molecule has 0 radical (unpaired) electrons. The number of fused-ring (bicyclic) bond motifs is 2. The average molecular weight is 540 g/mol. The molecule has 1 N–H and O–H groups in total. The first-order valence-electron chi connectivity index (χ1n) is 11.9. The predicted molar refractivity (Wildman–Crippen MR) is 152 cm³/mol.